The molecule has 2 aromatic carbocycles. The summed E-state index contributed by atoms with van der Waals surface area (Å²) in [6.07, 6.45) is 1.72. The first kappa shape index (κ1) is 19.5. The Morgan fingerprint density at radius 3 is 2.87 bits per heavy atom. The van der Waals surface area contributed by atoms with E-state index in [4.69, 9.17) is 16.3 Å². The molecule has 0 unspecified atom stereocenters. The highest BCUT2D eigenvalue weighted by Gasteiger charge is 2.25. The largest absolute Gasteiger partial charge is 0.374 e. The number of fused-ring (bicyclic) bond motifs is 5. The molecule has 31 heavy (non-hydrogen) atoms. The SMILES string of the molecule is CCOCc1nnc2n1Cc1c(C#Cc3ccccc3F)ncn1-c1ccc(Cl)cc1-2. The lowest BCUT2D eigenvalue weighted by Gasteiger charge is -2.08. The van der Waals surface area contributed by atoms with E-state index in [1.165, 1.54) is 6.07 Å². The summed E-state index contributed by atoms with van der Waals surface area (Å²) in [7, 11) is 0. The molecule has 0 saturated carbocycles. The zero-order valence-corrected chi connectivity index (χ0v) is 17.4. The average molecular weight is 434 g/mol. The lowest BCUT2D eigenvalue weighted by Crippen LogP contribution is -2.09. The summed E-state index contributed by atoms with van der Waals surface area (Å²) in [5.74, 6) is 6.97. The van der Waals surface area contributed by atoms with Crippen LogP contribution in [0, 0.1) is 17.7 Å². The van der Waals surface area contributed by atoms with Crippen molar-refractivity contribution in [2.24, 2.45) is 0 Å². The Hall–Kier alpha value is -3.47. The van der Waals surface area contributed by atoms with E-state index >= 15 is 0 Å². The van der Waals surface area contributed by atoms with Gasteiger partial charge in [-0.2, -0.15) is 0 Å². The highest BCUT2D eigenvalue weighted by Crippen LogP contribution is 2.34. The van der Waals surface area contributed by atoms with E-state index < -0.39 is 0 Å². The first-order valence-electron chi connectivity index (χ1n) is 9.78. The fraction of sp³-hybridized carbons (Fsp3) is 0.174. The molecule has 0 bridgehead atoms. The van der Waals surface area contributed by atoms with Gasteiger partial charge in [-0.05, 0) is 43.2 Å². The van der Waals surface area contributed by atoms with Gasteiger partial charge in [-0.15, -0.1) is 10.2 Å². The molecule has 4 aromatic rings. The molecule has 154 valence electrons. The highest BCUT2D eigenvalue weighted by atomic mass is 35.5. The van der Waals surface area contributed by atoms with Crippen molar-refractivity contribution in [1.82, 2.24) is 24.3 Å². The van der Waals surface area contributed by atoms with E-state index in [1.54, 1.807) is 24.5 Å². The van der Waals surface area contributed by atoms with Crippen LogP contribution >= 0.6 is 11.6 Å². The smallest absolute Gasteiger partial charge is 0.166 e. The number of benzene rings is 2. The third-order valence-corrected chi connectivity index (χ3v) is 5.32. The third kappa shape index (κ3) is 3.50. The predicted octanol–water partition coefficient (Wildman–Crippen LogP) is 4.22. The van der Waals surface area contributed by atoms with Crippen molar-refractivity contribution in [2.75, 3.05) is 6.61 Å². The van der Waals surface area contributed by atoms with Gasteiger partial charge in [0.05, 0.1) is 23.5 Å². The van der Waals surface area contributed by atoms with Gasteiger partial charge in [0.2, 0.25) is 0 Å². The van der Waals surface area contributed by atoms with Crippen LogP contribution in [0.15, 0.2) is 48.8 Å². The Bertz CT molecular complexity index is 1350. The molecule has 5 rings (SSSR count). The molecule has 0 spiro atoms. The topological polar surface area (TPSA) is 57.8 Å². The van der Waals surface area contributed by atoms with Gasteiger partial charge in [0.1, 0.15) is 24.4 Å². The summed E-state index contributed by atoms with van der Waals surface area (Å²) in [5.41, 5.74) is 3.45. The number of ether oxygens (including phenoxy) is 1. The van der Waals surface area contributed by atoms with E-state index in [1.807, 2.05) is 34.3 Å². The van der Waals surface area contributed by atoms with Crippen molar-refractivity contribution >= 4 is 11.6 Å². The number of hydrogen-bond acceptors (Lipinski definition) is 4. The summed E-state index contributed by atoms with van der Waals surface area (Å²) in [4.78, 5) is 4.50. The number of rotatable bonds is 3. The Morgan fingerprint density at radius 2 is 2.03 bits per heavy atom. The quantitative estimate of drug-likeness (QED) is 0.400. The van der Waals surface area contributed by atoms with Crippen LogP contribution in [0.5, 0.6) is 0 Å². The molecule has 0 amide bonds. The van der Waals surface area contributed by atoms with Crippen LogP contribution in [0.25, 0.3) is 17.1 Å². The Labute approximate surface area is 183 Å². The van der Waals surface area contributed by atoms with Gasteiger partial charge in [0.25, 0.3) is 0 Å². The molecule has 0 radical (unpaired) electrons. The molecule has 0 atom stereocenters. The summed E-state index contributed by atoms with van der Waals surface area (Å²) in [5, 5.41) is 9.33. The fourth-order valence-electron chi connectivity index (χ4n) is 3.57. The molecule has 3 heterocycles. The number of hydrogen-bond donors (Lipinski definition) is 0. The van der Waals surface area contributed by atoms with E-state index in [0.717, 1.165) is 16.9 Å². The minimum absolute atomic E-state index is 0.326. The lowest BCUT2D eigenvalue weighted by molar-refractivity contribution is 0.125. The van der Waals surface area contributed by atoms with Crippen molar-refractivity contribution in [3.05, 3.63) is 82.4 Å². The van der Waals surface area contributed by atoms with E-state index in [2.05, 4.69) is 27.0 Å². The minimum Gasteiger partial charge on any atom is -0.374 e. The second-order valence-electron chi connectivity index (χ2n) is 6.96. The molecule has 6 nitrogen and oxygen atoms in total. The predicted molar refractivity (Wildman–Crippen MR) is 114 cm³/mol. The zero-order chi connectivity index (χ0) is 21.4. The molecule has 2 aromatic heterocycles. The van der Waals surface area contributed by atoms with Gasteiger partial charge >= 0.3 is 0 Å². The molecule has 8 heteroatoms. The van der Waals surface area contributed by atoms with Gasteiger partial charge < -0.3 is 9.30 Å². The first-order chi connectivity index (χ1) is 15.2. The first-order valence-corrected chi connectivity index (χ1v) is 10.2. The molecule has 0 saturated heterocycles. The van der Waals surface area contributed by atoms with Crippen molar-refractivity contribution in [1.29, 1.82) is 0 Å². The lowest BCUT2D eigenvalue weighted by atomic mass is 10.1. The van der Waals surface area contributed by atoms with Crippen LogP contribution in [0.4, 0.5) is 4.39 Å². The molecular formula is C23H17ClFN5O. The monoisotopic (exact) mass is 433 g/mol. The molecule has 0 N–H and O–H groups in total. The Morgan fingerprint density at radius 1 is 1.16 bits per heavy atom. The second-order valence-corrected chi connectivity index (χ2v) is 7.40. The third-order valence-electron chi connectivity index (χ3n) is 5.09. The summed E-state index contributed by atoms with van der Waals surface area (Å²) < 4.78 is 23.5. The van der Waals surface area contributed by atoms with E-state index in [0.29, 0.717) is 47.7 Å². The summed E-state index contributed by atoms with van der Waals surface area (Å²) in [6.45, 7) is 3.28. The van der Waals surface area contributed by atoms with Crippen LogP contribution in [0.3, 0.4) is 0 Å². The standard InChI is InChI=1S/C23H17ClFN5O/c1-2-31-13-22-27-28-23-17-11-16(24)8-10-20(17)30-14-26-19(21(30)12-29(22)23)9-7-15-5-3-4-6-18(15)25/h3-6,8,10-11,14H,2,12-13H2,1H3. The number of halogens is 2. The van der Waals surface area contributed by atoms with Crippen LogP contribution in [-0.4, -0.2) is 30.9 Å². The molecule has 0 aliphatic carbocycles. The van der Waals surface area contributed by atoms with Crippen molar-refractivity contribution < 1.29 is 9.13 Å². The second kappa shape index (κ2) is 7.99. The molecule has 1 aliphatic heterocycles. The van der Waals surface area contributed by atoms with Crippen molar-refractivity contribution in [3.63, 3.8) is 0 Å². The van der Waals surface area contributed by atoms with E-state index in [-0.39, 0.29) is 5.82 Å². The van der Waals surface area contributed by atoms with Crippen LogP contribution in [0.1, 0.15) is 29.7 Å². The normalized spacial score (nSPS) is 11.7. The van der Waals surface area contributed by atoms with Gasteiger partial charge in [-0.25, -0.2) is 9.37 Å². The molecule has 1 aliphatic rings. The Balaban J connectivity index is 1.67. The van der Waals surface area contributed by atoms with Crippen LogP contribution < -0.4 is 0 Å². The number of imidazole rings is 1. The van der Waals surface area contributed by atoms with Gasteiger partial charge in [-0.3, -0.25) is 4.57 Å². The fourth-order valence-corrected chi connectivity index (χ4v) is 3.75. The van der Waals surface area contributed by atoms with Gasteiger partial charge in [-0.1, -0.05) is 29.7 Å². The zero-order valence-electron chi connectivity index (χ0n) is 16.6. The average Bonchev–Trinajstić information content (AvgIpc) is 3.33. The maximum atomic E-state index is 14.0. The number of aromatic nitrogens is 5. The maximum Gasteiger partial charge on any atom is 0.166 e. The molecular weight excluding hydrogens is 417 g/mol. The van der Waals surface area contributed by atoms with E-state index in [9.17, 15) is 4.39 Å². The molecule has 0 fully saturated rings. The van der Waals surface area contributed by atoms with Crippen LogP contribution in [-0.2, 0) is 17.9 Å². The summed E-state index contributed by atoms with van der Waals surface area (Å²) >= 11 is 6.29. The Kier molecular flexibility index (Phi) is 5.02. The van der Waals surface area contributed by atoms with Gasteiger partial charge in [0, 0.05) is 17.2 Å². The maximum absolute atomic E-state index is 14.0. The summed E-state index contributed by atoms with van der Waals surface area (Å²) in [6, 6.07) is 12.0. The number of nitrogens with zero attached hydrogens (tertiary/aromatic N) is 5. The van der Waals surface area contributed by atoms with Crippen molar-refractivity contribution in [3.8, 4) is 28.9 Å². The van der Waals surface area contributed by atoms with Crippen LogP contribution in [0.2, 0.25) is 5.02 Å². The highest BCUT2D eigenvalue weighted by molar-refractivity contribution is 6.31. The van der Waals surface area contributed by atoms with Crippen molar-refractivity contribution in [2.45, 2.75) is 20.1 Å². The van der Waals surface area contributed by atoms with Gasteiger partial charge in [0.15, 0.2) is 11.6 Å². The minimum atomic E-state index is -0.361.